The lowest BCUT2D eigenvalue weighted by atomic mass is 10.2. The highest BCUT2D eigenvalue weighted by Gasteiger charge is 2.21. The van der Waals surface area contributed by atoms with Gasteiger partial charge in [-0.05, 0) is 42.3 Å². The van der Waals surface area contributed by atoms with Crippen molar-refractivity contribution in [2.24, 2.45) is 0 Å². The lowest BCUT2D eigenvalue weighted by molar-refractivity contribution is -0.117. The quantitative estimate of drug-likeness (QED) is 0.851. The molecule has 1 saturated heterocycles. The van der Waals surface area contributed by atoms with Gasteiger partial charge in [0.25, 0.3) is 0 Å². The van der Waals surface area contributed by atoms with Gasteiger partial charge in [0, 0.05) is 36.5 Å². The van der Waals surface area contributed by atoms with Gasteiger partial charge in [-0.3, -0.25) is 9.59 Å². The van der Waals surface area contributed by atoms with Crippen LogP contribution in [-0.4, -0.2) is 25.5 Å². The normalized spacial score (nSPS) is 14.1. The summed E-state index contributed by atoms with van der Waals surface area (Å²) in [5, 5.41) is 2.79. The van der Waals surface area contributed by atoms with E-state index in [0.29, 0.717) is 17.9 Å². The van der Waals surface area contributed by atoms with Crippen LogP contribution in [0.1, 0.15) is 18.4 Å². The molecule has 0 bridgehead atoms. The minimum absolute atomic E-state index is 0.168. The van der Waals surface area contributed by atoms with Gasteiger partial charge < -0.3 is 15.0 Å². The molecular formula is C20H20N2O3. The molecule has 5 heteroatoms. The SMILES string of the molecule is COc1cccc(NC(=O)C=Cc2ccc(N3CCCC3=O)cc2)c1. The third-order valence-electron chi connectivity index (χ3n) is 4.04. The van der Waals surface area contributed by atoms with Crippen LogP contribution >= 0.6 is 0 Å². The molecule has 1 aliphatic heterocycles. The van der Waals surface area contributed by atoms with Crippen LogP contribution < -0.4 is 15.0 Å². The largest absolute Gasteiger partial charge is 0.497 e. The molecule has 1 aliphatic rings. The average molecular weight is 336 g/mol. The van der Waals surface area contributed by atoms with Crippen molar-refractivity contribution in [2.45, 2.75) is 12.8 Å². The highest BCUT2D eigenvalue weighted by atomic mass is 16.5. The van der Waals surface area contributed by atoms with Crippen molar-refractivity contribution in [1.82, 2.24) is 0 Å². The van der Waals surface area contributed by atoms with Crippen molar-refractivity contribution in [3.63, 3.8) is 0 Å². The van der Waals surface area contributed by atoms with Crippen molar-refractivity contribution in [3.8, 4) is 5.75 Å². The summed E-state index contributed by atoms with van der Waals surface area (Å²) in [4.78, 5) is 25.6. The predicted molar refractivity (Wildman–Crippen MR) is 98.7 cm³/mol. The molecule has 128 valence electrons. The lowest BCUT2D eigenvalue weighted by Gasteiger charge is -2.15. The van der Waals surface area contributed by atoms with Crippen molar-refractivity contribution in [2.75, 3.05) is 23.9 Å². The third kappa shape index (κ3) is 4.26. The maximum absolute atomic E-state index is 12.0. The van der Waals surface area contributed by atoms with Gasteiger partial charge >= 0.3 is 0 Å². The average Bonchev–Trinajstić information content (AvgIpc) is 3.06. The second-order valence-corrected chi connectivity index (χ2v) is 5.80. The number of hydrogen-bond acceptors (Lipinski definition) is 3. The maximum Gasteiger partial charge on any atom is 0.248 e. The Balaban J connectivity index is 1.61. The maximum atomic E-state index is 12.0. The zero-order valence-electron chi connectivity index (χ0n) is 14.1. The van der Waals surface area contributed by atoms with E-state index in [1.54, 1.807) is 30.2 Å². The van der Waals surface area contributed by atoms with Gasteiger partial charge in [0.05, 0.1) is 7.11 Å². The number of nitrogens with one attached hydrogen (secondary N) is 1. The summed E-state index contributed by atoms with van der Waals surface area (Å²) in [6.07, 6.45) is 4.75. The van der Waals surface area contributed by atoms with Crippen LogP contribution in [0.5, 0.6) is 5.75 Å². The van der Waals surface area contributed by atoms with Gasteiger partial charge in [-0.25, -0.2) is 0 Å². The number of amides is 2. The summed E-state index contributed by atoms with van der Waals surface area (Å²) in [7, 11) is 1.58. The Hall–Kier alpha value is -3.08. The molecule has 1 heterocycles. The fraction of sp³-hybridized carbons (Fsp3) is 0.200. The minimum atomic E-state index is -0.216. The molecule has 0 radical (unpaired) electrons. The van der Waals surface area contributed by atoms with E-state index in [1.165, 1.54) is 6.08 Å². The number of nitrogens with zero attached hydrogens (tertiary/aromatic N) is 1. The third-order valence-corrected chi connectivity index (χ3v) is 4.04. The van der Waals surface area contributed by atoms with Gasteiger partial charge in [-0.1, -0.05) is 18.2 Å². The van der Waals surface area contributed by atoms with Crippen LogP contribution in [0.3, 0.4) is 0 Å². The van der Waals surface area contributed by atoms with E-state index in [2.05, 4.69) is 5.32 Å². The molecule has 0 spiro atoms. The van der Waals surface area contributed by atoms with E-state index in [1.807, 2.05) is 36.4 Å². The summed E-state index contributed by atoms with van der Waals surface area (Å²) in [6.45, 7) is 0.775. The molecule has 0 atom stereocenters. The molecule has 3 rings (SSSR count). The summed E-state index contributed by atoms with van der Waals surface area (Å²) in [6, 6.07) is 14.8. The Labute approximate surface area is 146 Å². The molecule has 0 saturated carbocycles. The van der Waals surface area contributed by atoms with Crippen LogP contribution in [0.15, 0.2) is 54.6 Å². The predicted octanol–water partition coefficient (Wildman–Crippen LogP) is 3.47. The summed E-state index contributed by atoms with van der Waals surface area (Å²) in [5.74, 6) is 0.641. The monoisotopic (exact) mass is 336 g/mol. The number of ether oxygens (including phenoxy) is 1. The number of hydrogen-bond donors (Lipinski definition) is 1. The molecule has 0 unspecified atom stereocenters. The Morgan fingerprint density at radius 3 is 2.68 bits per heavy atom. The van der Waals surface area contributed by atoms with Crippen molar-refractivity contribution in [1.29, 1.82) is 0 Å². The Bertz CT molecular complexity index is 797. The van der Waals surface area contributed by atoms with Crippen molar-refractivity contribution < 1.29 is 14.3 Å². The molecule has 2 aromatic rings. The van der Waals surface area contributed by atoms with Crippen molar-refractivity contribution >= 4 is 29.3 Å². The number of carbonyl (C=O) groups is 2. The second-order valence-electron chi connectivity index (χ2n) is 5.80. The van der Waals surface area contributed by atoms with Crippen LogP contribution in [0.2, 0.25) is 0 Å². The molecule has 1 N–H and O–H groups in total. The van der Waals surface area contributed by atoms with Crippen LogP contribution in [-0.2, 0) is 9.59 Å². The lowest BCUT2D eigenvalue weighted by Crippen LogP contribution is -2.23. The molecule has 2 aromatic carbocycles. The van der Waals surface area contributed by atoms with E-state index in [9.17, 15) is 9.59 Å². The van der Waals surface area contributed by atoms with E-state index in [4.69, 9.17) is 4.74 Å². The molecule has 25 heavy (non-hydrogen) atoms. The molecule has 1 fully saturated rings. The fourth-order valence-corrected chi connectivity index (χ4v) is 2.74. The first kappa shape index (κ1) is 16.8. The van der Waals surface area contributed by atoms with Gasteiger partial charge in [-0.2, -0.15) is 0 Å². The molecule has 0 aromatic heterocycles. The van der Waals surface area contributed by atoms with Crippen LogP contribution in [0, 0.1) is 0 Å². The Kier molecular flexibility index (Phi) is 5.14. The minimum Gasteiger partial charge on any atom is -0.497 e. The van der Waals surface area contributed by atoms with Gasteiger partial charge in [0.2, 0.25) is 11.8 Å². The molecular weight excluding hydrogens is 316 g/mol. The molecule has 0 aliphatic carbocycles. The summed E-state index contributed by atoms with van der Waals surface area (Å²) in [5.41, 5.74) is 2.48. The van der Waals surface area contributed by atoms with Crippen LogP contribution in [0.4, 0.5) is 11.4 Å². The summed E-state index contributed by atoms with van der Waals surface area (Å²) >= 11 is 0. The second kappa shape index (κ2) is 7.66. The molecule has 2 amide bonds. The number of rotatable bonds is 5. The standard InChI is InChI=1S/C20H20N2O3/c1-25-18-5-2-4-16(14-18)21-19(23)12-9-15-7-10-17(11-8-15)22-13-3-6-20(22)24/h2,4-5,7-12,14H,3,6,13H2,1H3,(H,21,23). The number of methoxy groups -OCH3 is 1. The Morgan fingerprint density at radius 1 is 1.20 bits per heavy atom. The van der Waals surface area contributed by atoms with Crippen molar-refractivity contribution in [3.05, 3.63) is 60.2 Å². The van der Waals surface area contributed by atoms with Gasteiger partial charge in [0.15, 0.2) is 0 Å². The highest BCUT2D eigenvalue weighted by Crippen LogP contribution is 2.22. The highest BCUT2D eigenvalue weighted by molar-refractivity contribution is 6.02. The van der Waals surface area contributed by atoms with E-state index < -0.39 is 0 Å². The number of benzene rings is 2. The molecule has 5 nitrogen and oxygen atoms in total. The smallest absolute Gasteiger partial charge is 0.248 e. The zero-order chi connectivity index (χ0) is 17.6. The van der Waals surface area contributed by atoms with Gasteiger partial charge in [0.1, 0.15) is 5.75 Å². The zero-order valence-corrected chi connectivity index (χ0v) is 14.1. The number of anilines is 2. The van der Waals surface area contributed by atoms with Gasteiger partial charge in [-0.15, -0.1) is 0 Å². The summed E-state index contributed by atoms with van der Waals surface area (Å²) < 4.78 is 5.13. The van der Waals surface area contributed by atoms with E-state index in [-0.39, 0.29) is 11.8 Å². The van der Waals surface area contributed by atoms with Crippen LogP contribution in [0.25, 0.3) is 6.08 Å². The first-order chi connectivity index (χ1) is 12.2. The number of carbonyl (C=O) groups excluding carboxylic acids is 2. The Morgan fingerprint density at radius 2 is 2.00 bits per heavy atom. The first-order valence-electron chi connectivity index (χ1n) is 8.19. The van der Waals surface area contributed by atoms with E-state index in [0.717, 1.165) is 24.2 Å². The first-order valence-corrected chi connectivity index (χ1v) is 8.19. The van der Waals surface area contributed by atoms with E-state index >= 15 is 0 Å². The fourth-order valence-electron chi connectivity index (χ4n) is 2.74. The topological polar surface area (TPSA) is 58.6 Å².